The van der Waals surface area contributed by atoms with E-state index in [0.717, 1.165) is 20.1 Å². The second kappa shape index (κ2) is 5.52. The molecule has 1 heterocycles. The van der Waals surface area contributed by atoms with Gasteiger partial charge in [0.1, 0.15) is 5.58 Å². The summed E-state index contributed by atoms with van der Waals surface area (Å²) in [4.78, 5) is 12.2. The van der Waals surface area contributed by atoms with Crippen molar-refractivity contribution in [2.24, 2.45) is 0 Å². The second-order valence-electron chi connectivity index (χ2n) is 5.06. The van der Waals surface area contributed by atoms with Gasteiger partial charge in [-0.05, 0) is 71.0 Å². The van der Waals surface area contributed by atoms with Crippen molar-refractivity contribution in [2.75, 3.05) is 5.73 Å². The maximum Gasteiger partial charge on any atom is 0.340 e. The monoisotopic (exact) mass is 391 g/mol. The van der Waals surface area contributed by atoms with Crippen molar-refractivity contribution in [3.05, 3.63) is 73.1 Å². The number of nitrogen functional groups attached to an aromatic ring is 1. The van der Waals surface area contributed by atoms with Crippen molar-refractivity contribution in [1.29, 1.82) is 0 Å². The third-order valence-corrected chi connectivity index (χ3v) is 4.25. The summed E-state index contributed by atoms with van der Waals surface area (Å²) in [5.41, 5.74) is 9.53. The molecule has 0 aliphatic rings. The van der Waals surface area contributed by atoms with Gasteiger partial charge in [0.25, 0.3) is 0 Å². The van der Waals surface area contributed by atoms with Crippen molar-refractivity contribution < 1.29 is 4.42 Å². The molecule has 0 aliphatic heterocycles. The van der Waals surface area contributed by atoms with E-state index in [0.29, 0.717) is 23.3 Å². The highest BCUT2D eigenvalue weighted by molar-refractivity contribution is 14.1. The summed E-state index contributed by atoms with van der Waals surface area (Å²) in [5, 5.41) is 0.986. The molecule has 3 rings (SSSR count). The molecule has 0 atom stereocenters. The van der Waals surface area contributed by atoms with Crippen molar-refractivity contribution in [2.45, 2.75) is 13.3 Å². The molecule has 0 amide bonds. The minimum Gasteiger partial charge on any atom is -0.423 e. The van der Waals surface area contributed by atoms with E-state index in [1.165, 1.54) is 0 Å². The van der Waals surface area contributed by atoms with E-state index in [-0.39, 0.29) is 5.63 Å². The fraction of sp³-hybridized carbons (Fsp3) is 0.118. The fourth-order valence-corrected chi connectivity index (χ4v) is 2.96. The standard InChI is InChI=1S/C17H14INO2/c1-10-14-9-12(18)5-6-16(14)21-17(20)15(10)8-11-3-2-4-13(19)7-11/h2-7,9H,8,19H2,1H3. The van der Waals surface area contributed by atoms with Crippen LogP contribution >= 0.6 is 22.6 Å². The van der Waals surface area contributed by atoms with E-state index in [1.54, 1.807) is 0 Å². The number of anilines is 1. The van der Waals surface area contributed by atoms with Crippen LogP contribution in [0.4, 0.5) is 5.69 Å². The zero-order chi connectivity index (χ0) is 15.0. The van der Waals surface area contributed by atoms with E-state index in [1.807, 2.05) is 49.4 Å². The first-order valence-electron chi connectivity index (χ1n) is 6.61. The molecule has 0 saturated heterocycles. The lowest BCUT2D eigenvalue weighted by molar-refractivity contribution is 0.551. The molecule has 3 aromatic rings. The van der Waals surface area contributed by atoms with E-state index in [2.05, 4.69) is 22.6 Å². The Morgan fingerprint density at radius 3 is 2.76 bits per heavy atom. The first kappa shape index (κ1) is 14.1. The van der Waals surface area contributed by atoms with Crippen LogP contribution in [0.3, 0.4) is 0 Å². The van der Waals surface area contributed by atoms with Crippen LogP contribution in [0.5, 0.6) is 0 Å². The molecule has 4 heteroatoms. The number of nitrogens with two attached hydrogens (primary N) is 1. The molecule has 0 unspecified atom stereocenters. The Bertz CT molecular complexity index is 884. The van der Waals surface area contributed by atoms with E-state index in [9.17, 15) is 4.79 Å². The molecule has 0 radical (unpaired) electrons. The Morgan fingerprint density at radius 2 is 2.00 bits per heavy atom. The predicted octanol–water partition coefficient (Wildman–Crippen LogP) is 3.88. The van der Waals surface area contributed by atoms with E-state index in [4.69, 9.17) is 10.2 Å². The van der Waals surface area contributed by atoms with Crippen molar-refractivity contribution in [3.8, 4) is 0 Å². The summed E-state index contributed by atoms with van der Waals surface area (Å²) in [5.74, 6) is 0. The molecule has 0 fully saturated rings. The van der Waals surface area contributed by atoms with Gasteiger partial charge in [-0.25, -0.2) is 4.79 Å². The van der Waals surface area contributed by atoms with Crippen LogP contribution in [-0.2, 0) is 6.42 Å². The van der Waals surface area contributed by atoms with Gasteiger partial charge in [-0.1, -0.05) is 12.1 Å². The van der Waals surface area contributed by atoms with Gasteiger partial charge in [0.2, 0.25) is 0 Å². The van der Waals surface area contributed by atoms with Gasteiger partial charge in [-0.2, -0.15) is 0 Å². The largest absolute Gasteiger partial charge is 0.423 e. The lowest BCUT2D eigenvalue weighted by Crippen LogP contribution is -2.11. The number of benzene rings is 2. The van der Waals surface area contributed by atoms with Crippen molar-refractivity contribution in [3.63, 3.8) is 0 Å². The minimum absolute atomic E-state index is 0.274. The summed E-state index contributed by atoms with van der Waals surface area (Å²) >= 11 is 2.26. The van der Waals surface area contributed by atoms with Crippen LogP contribution in [-0.4, -0.2) is 0 Å². The van der Waals surface area contributed by atoms with Crippen molar-refractivity contribution >= 4 is 39.2 Å². The lowest BCUT2D eigenvalue weighted by Gasteiger charge is -2.08. The molecule has 21 heavy (non-hydrogen) atoms. The Kier molecular flexibility index (Phi) is 3.71. The van der Waals surface area contributed by atoms with Gasteiger partial charge < -0.3 is 10.2 Å². The summed E-state index contributed by atoms with van der Waals surface area (Å²) in [6, 6.07) is 13.4. The minimum atomic E-state index is -0.274. The number of hydrogen-bond donors (Lipinski definition) is 1. The van der Waals surface area contributed by atoms with Gasteiger partial charge in [0.15, 0.2) is 0 Å². The maximum atomic E-state index is 12.2. The second-order valence-corrected chi connectivity index (χ2v) is 6.30. The Hall–Kier alpha value is -1.82. The highest BCUT2D eigenvalue weighted by Crippen LogP contribution is 2.23. The van der Waals surface area contributed by atoms with E-state index >= 15 is 0 Å². The quantitative estimate of drug-likeness (QED) is 0.410. The van der Waals surface area contributed by atoms with Gasteiger partial charge in [0, 0.05) is 26.6 Å². The topological polar surface area (TPSA) is 56.2 Å². The Labute approximate surface area is 135 Å². The highest BCUT2D eigenvalue weighted by atomic mass is 127. The SMILES string of the molecule is Cc1c(Cc2cccc(N)c2)c(=O)oc2ccc(I)cc12. The summed E-state index contributed by atoms with van der Waals surface area (Å²) in [6.45, 7) is 1.97. The molecule has 106 valence electrons. The molecule has 0 bridgehead atoms. The molecule has 3 nitrogen and oxygen atoms in total. The molecule has 0 aliphatic carbocycles. The summed E-state index contributed by atoms with van der Waals surface area (Å²) in [7, 11) is 0. The molecule has 2 N–H and O–H groups in total. The summed E-state index contributed by atoms with van der Waals surface area (Å²) in [6.07, 6.45) is 0.528. The lowest BCUT2D eigenvalue weighted by atomic mass is 9.99. The Morgan fingerprint density at radius 1 is 1.19 bits per heavy atom. The van der Waals surface area contributed by atoms with Crippen molar-refractivity contribution in [1.82, 2.24) is 0 Å². The molecular formula is C17H14INO2. The molecule has 0 spiro atoms. The number of rotatable bonds is 2. The smallest absolute Gasteiger partial charge is 0.340 e. The van der Waals surface area contributed by atoms with Gasteiger partial charge in [-0.3, -0.25) is 0 Å². The van der Waals surface area contributed by atoms with Gasteiger partial charge in [-0.15, -0.1) is 0 Å². The third-order valence-electron chi connectivity index (χ3n) is 3.58. The molecule has 0 saturated carbocycles. The number of aryl methyl sites for hydroxylation is 1. The maximum absolute atomic E-state index is 12.2. The summed E-state index contributed by atoms with van der Waals surface area (Å²) < 4.78 is 6.56. The zero-order valence-electron chi connectivity index (χ0n) is 11.5. The van der Waals surface area contributed by atoms with Gasteiger partial charge >= 0.3 is 5.63 Å². The average molecular weight is 391 g/mol. The highest BCUT2D eigenvalue weighted by Gasteiger charge is 2.12. The van der Waals surface area contributed by atoms with Crippen LogP contribution in [0.2, 0.25) is 0 Å². The zero-order valence-corrected chi connectivity index (χ0v) is 13.7. The van der Waals surface area contributed by atoms with Crippen LogP contribution < -0.4 is 11.4 Å². The number of hydrogen-bond acceptors (Lipinski definition) is 3. The van der Waals surface area contributed by atoms with Crippen LogP contribution in [0.1, 0.15) is 16.7 Å². The first-order valence-corrected chi connectivity index (χ1v) is 7.69. The molecule has 1 aromatic heterocycles. The van der Waals surface area contributed by atoms with Gasteiger partial charge in [0.05, 0.1) is 0 Å². The molecule has 2 aromatic carbocycles. The Balaban J connectivity index is 2.16. The van der Waals surface area contributed by atoms with Crippen LogP contribution in [0.15, 0.2) is 51.7 Å². The molecular weight excluding hydrogens is 377 g/mol. The third kappa shape index (κ3) is 2.81. The van der Waals surface area contributed by atoms with Crippen LogP contribution in [0.25, 0.3) is 11.0 Å². The van der Waals surface area contributed by atoms with Crippen LogP contribution in [0, 0.1) is 10.5 Å². The normalized spacial score (nSPS) is 11.0. The number of halogens is 1. The average Bonchev–Trinajstić information content (AvgIpc) is 2.45. The van der Waals surface area contributed by atoms with E-state index < -0.39 is 0 Å². The fourth-order valence-electron chi connectivity index (χ4n) is 2.47. The predicted molar refractivity (Wildman–Crippen MR) is 93.6 cm³/mol. The first-order chi connectivity index (χ1) is 10.0. The number of fused-ring (bicyclic) bond motifs is 1.